The Morgan fingerprint density at radius 3 is 2.70 bits per heavy atom. The fourth-order valence-corrected chi connectivity index (χ4v) is 3.06. The molecule has 0 saturated carbocycles. The monoisotopic (exact) mass is 363 g/mol. The van der Waals surface area contributed by atoms with E-state index in [1.54, 1.807) is 12.1 Å². The average Bonchev–Trinajstić information content (AvgIpc) is 2.39. The van der Waals surface area contributed by atoms with E-state index in [4.69, 9.17) is 5.73 Å². The van der Waals surface area contributed by atoms with E-state index in [0.29, 0.717) is 24.0 Å². The first-order valence-electron chi connectivity index (χ1n) is 6.17. The summed E-state index contributed by atoms with van der Waals surface area (Å²) in [5.74, 6) is -0.199. The van der Waals surface area contributed by atoms with E-state index in [1.165, 1.54) is 12.1 Å². The summed E-state index contributed by atoms with van der Waals surface area (Å²) in [5.41, 5.74) is 5.30. The highest BCUT2D eigenvalue weighted by molar-refractivity contribution is 9.10. The molecule has 0 heterocycles. The number of sulfonamides is 1. The standard InChI is InChI=1S/C12H18BrN3O3S/c13-10-3-1-4-11(9-10)20(18,19)16-8-5-12(17)15-7-2-6-14/h1,3-4,9,16H,2,5-8,14H2,(H,15,17). The molecule has 1 aromatic carbocycles. The van der Waals surface area contributed by atoms with Crippen molar-refractivity contribution in [3.8, 4) is 0 Å². The van der Waals surface area contributed by atoms with Gasteiger partial charge >= 0.3 is 0 Å². The number of nitrogens with one attached hydrogen (secondary N) is 2. The number of benzene rings is 1. The number of amides is 1. The Kier molecular flexibility index (Phi) is 7.14. The summed E-state index contributed by atoms with van der Waals surface area (Å²) >= 11 is 3.21. The first kappa shape index (κ1) is 17.1. The van der Waals surface area contributed by atoms with Gasteiger partial charge in [0.05, 0.1) is 4.90 Å². The Morgan fingerprint density at radius 1 is 1.30 bits per heavy atom. The lowest BCUT2D eigenvalue weighted by atomic mass is 10.4. The summed E-state index contributed by atoms with van der Waals surface area (Å²) in [6.07, 6.45) is 0.799. The molecule has 0 saturated heterocycles. The maximum atomic E-state index is 11.9. The molecule has 112 valence electrons. The van der Waals surface area contributed by atoms with Crippen molar-refractivity contribution >= 4 is 31.9 Å². The minimum atomic E-state index is -3.58. The van der Waals surface area contributed by atoms with Crippen LogP contribution in [0.2, 0.25) is 0 Å². The molecule has 0 aromatic heterocycles. The fraction of sp³-hybridized carbons (Fsp3) is 0.417. The van der Waals surface area contributed by atoms with Crippen LogP contribution in [0, 0.1) is 0 Å². The van der Waals surface area contributed by atoms with Gasteiger partial charge in [-0.1, -0.05) is 22.0 Å². The summed E-state index contributed by atoms with van der Waals surface area (Å²) < 4.78 is 27.0. The van der Waals surface area contributed by atoms with Crippen LogP contribution in [-0.4, -0.2) is 34.0 Å². The summed E-state index contributed by atoms with van der Waals surface area (Å²) in [6, 6.07) is 6.38. The summed E-state index contributed by atoms with van der Waals surface area (Å²) in [6.45, 7) is 1.08. The Morgan fingerprint density at radius 2 is 2.05 bits per heavy atom. The van der Waals surface area contributed by atoms with E-state index < -0.39 is 10.0 Å². The molecular formula is C12H18BrN3O3S. The minimum Gasteiger partial charge on any atom is -0.356 e. The lowest BCUT2D eigenvalue weighted by Crippen LogP contribution is -2.31. The van der Waals surface area contributed by atoms with Crippen molar-refractivity contribution in [1.29, 1.82) is 0 Å². The Labute approximate surface area is 127 Å². The van der Waals surface area contributed by atoms with E-state index in [-0.39, 0.29) is 23.8 Å². The van der Waals surface area contributed by atoms with E-state index in [0.717, 1.165) is 0 Å². The van der Waals surface area contributed by atoms with Crippen molar-refractivity contribution in [2.75, 3.05) is 19.6 Å². The lowest BCUT2D eigenvalue weighted by molar-refractivity contribution is -0.120. The molecule has 0 atom stereocenters. The molecule has 0 radical (unpaired) electrons. The van der Waals surface area contributed by atoms with Crippen molar-refractivity contribution < 1.29 is 13.2 Å². The fourth-order valence-electron chi connectivity index (χ4n) is 1.43. The third-order valence-corrected chi connectivity index (χ3v) is 4.41. The Bertz CT molecular complexity index is 549. The van der Waals surface area contributed by atoms with Crippen LogP contribution in [-0.2, 0) is 14.8 Å². The molecule has 20 heavy (non-hydrogen) atoms. The van der Waals surface area contributed by atoms with Gasteiger partial charge in [-0.3, -0.25) is 4.79 Å². The second kappa shape index (κ2) is 8.35. The van der Waals surface area contributed by atoms with Gasteiger partial charge < -0.3 is 11.1 Å². The van der Waals surface area contributed by atoms with Gasteiger partial charge in [-0.2, -0.15) is 0 Å². The van der Waals surface area contributed by atoms with Crippen molar-refractivity contribution in [3.05, 3.63) is 28.7 Å². The smallest absolute Gasteiger partial charge is 0.240 e. The maximum Gasteiger partial charge on any atom is 0.240 e. The van der Waals surface area contributed by atoms with Crippen molar-refractivity contribution in [1.82, 2.24) is 10.0 Å². The normalized spacial score (nSPS) is 11.3. The van der Waals surface area contributed by atoms with E-state index in [1.807, 2.05) is 0 Å². The van der Waals surface area contributed by atoms with E-state index in [9.17, 15) is 13.2 Å². The topological polar surface area (TPSA) is 101 Å². The molecular weight excluding hydrogens is 346 g/mol. The number of halogens is 1. The van der Waals surface area contributed by atoms with Gasteiger partial charge in [0.25, 0.3) is 0 Å². The summed E-state index contributed by atoms with van der Waals surface area (Å²) in [4.78, 5) is 11.6. The lowest BCUT2D eigenvalue weighted by Gasteiger charge is -2.07. The van der Waals surface area contributed by atoms with Crippen LogP contribution in [0.25, 0.3) is 0 Å². The molecule has 0 bridgehead atoms. The van der Waals surface area contributed by atoms with Crippen LogP contribution in [0.3, 0.4) is 0 Å². The zero-order valence-corrected chi connectivity index (χ0v) is 13.3. The zero-order chi connectivity index (χ0) is 15.0. The molecule has 8 heteroatoms. The third-order valence-electron chi connectivity index (χ3n) is 2.45. The molecule has 1 aromatic rings. The van der Waals surface area contributed by atoms with E-state index >= 15 is 0 Å². The number of hydrogen-bond donors (Lipinski definition) is 3. The van der Waals surface area contributed by atoms with Crippen LogP contribution in [0.5, 0.6) is 0 Å². The summed E-state index contributed by atoms with van der Waals surface area (Å²) in [7, 11) is -3.58. The van der Waals surface area contributed by atoms with Gasteiger partial charge in [0, 0.05) is 24.0 Å². The largest absolute Gasteiger partial charge is 0.356 e. The first-order chi connectivity index (χ1) is 9.45. The predicted molar refractivity (Wildman–Crippen MR) is 80.6 cm³/mol. The van der Waals surface area contributed by atoms with Crippen molar-refractivity contribution in [2.24, 2.45) is 5.73 Å². The average molecular weight is 364 g/mol. The molecule has 0 aliphatic heterocycles. The first-order valence-corrected chi connectivity index (χ1v) is 8.45. The Hall–Kier alpha value is -0.960. The molecule has 4 N–H and O–H groups in total. The quantitative estimate of drug-likeness (QED) is 0.588. The molecule has 0 aliphatic rings. The van der Waals surface area contributed by atoms with Crippen LogP contribution < -0.4 is 15.8 Å². The van der Waals surface area contributed by atoms with Gasteiger partial charge in [0.15, 0.2) is 0 Å². The number of nitrogens with two attached hydrogens (primary N) is 1. The molecule has 0 unspecified atom stereocenters. The maximum absolute atomic E-state index is 11.9. The minimum absolute atomic E-state index is 0.0588. The van der Waals surface area contributed by atoms with Crippen molar-refractivity contribution in [3.63, 3.8) is 0 Å². The van der Waals surface area contributed by atoms with E-state index in [2.05, 4.69) is 26.0 Å². The van der Waals surface area contributed by atoms with Gasteiger partial charge in [-0.25, -0.2) is 13.1 Å². The van der Waals surface area contributed by atoms with Gasteiger partial charge in [-0.05, 0) is 31.2 Å². The van der Waals surface area contributed by atoms with Crippen molar-refractivity contribution in [2.45, 2.75) is 17.7 Å². The second-order valence-electron chi connectivity index (χ2n) is 4.10. The molecule has 1 rings (SSSR count). The third kappa shape index (κ3) is 6.00. The van der Waals surface area contributed by atoms with Crippen LogP contribution in [0.1, 0.15) is 12.8 Å². The van der Waals surface area contributed by atoms with Gasteiger partial charge in [0.2, 0.25) is 15.9 Å². The number of rotatable bonds is 8. The molecule has 0 fully saturated rings. The molecule has 0 spiro atoms. The molecule has 0 aliphatic carbocycles. The van der Waals surface area contributed by atoms with Crippen LogP contribution >= 0.6 is 15.9 Å². The highest BCUT2D eigenvalue weighted by Gasteiger charge is 2.14. The zero-order valence-electron chi connectivity index (χ0n) is 10.9. The Balaban J connectivity index is 2.43. The predicted octanol–water partition coefficient (Wildman–Crippen LogP) is 0.582. The number of carbonyl (C=O) groups excluding carboxylic acids is 1. The van der Waals surface area contributed by atoms with Gasteiger partial charge in [-0.15, -0.1) is 0 Å². The number of carbonyl (C=O) groups is 1. The highest BCUT2D eigenvalue weighted by Crippen LogP contribution is 2.15. The van der Waals surface area contributed by atoms with Crippen LogP contribution in [0.4, 0.5) is 0 Å². The molecule has 1 amide bonds. The number of hydrogen-bond acceptors (Lipinski definition) is 4. The van der Waals surface area contributed by atoms with Gasteiger partial charge in [0.1, 0.15) is 0 Å². The second-order valence-corrected chi connectivity index (χ2v) is 6.78. The van der Waals surface area contributed by atoms with Crippen LogP contribution in [0.15, 0.2) is 33.6 Å². The molecule has 6 nitrogen and oxygen atoms in total. The highest BCUT2D eigenvalue weighted by atomic mass is 79.9. The SMILES string of the molecule is NCCCNC(=O)CCNS(=O)(=O)c1cccc(Br)c1. The summed E-state index contributed by atoms with van der Waals surface area (Å²) in [5, 5.41) is 2.66.